The van der Waals surface area contributed by atoms with E-state index < -0.39 is 0 Å². The van der Waals surface area contributed by atoms with E-state index in [-0.39, 0.29) is 11.5 Å². The van der Waals surface area contributed by atoms with Crippen LogP contribution in [0.1, 0.15) is 10.4 Å². The Labute approximate surface area is 137 Å². The molecule has 3 rings (SSSR count). The Morgan fingerprint density at radius 1 is 1.17 bits per heavy atom. The van der Waals surface area contributed by atoms with Crippen molar-refractivity contribution >= 4 is 17.5 Å². The van der Waals surface area contributed by atoms with Gasteiger partial charge in [-0.2, -0.15) is 0 Å². The van der Waals surface area contributed by atoms with Crippen molar-refractivity contribution in [3.05, 3.63) is 54.4 Å². The lowest BCUT2D eigenvalue weighted by molar-refractivity contribution is 0.102. The van der Waals surface area contributed by atoms with Gasteiger partial charge in [0.15, 0.2) is 11.6 Å². The first-order valence-electron chi connectivity index (χ1n) is 6.89. The minimum Gasteiger partial charge on any atom is -0.497 e. The fourth-order valence-corrected chi connectivity index (χ4v) is 2.63. The summed E-state index contributed by atoms with van der Waals surface area (Å²) in [7, 11) is 1.59. The molecular formula is C16H14N4O2S. The predicted octanol–water partition coefficient (Wildman–Crippen LogP) is 2.85. The van der Waals surface area contributed by atoms with Gasteiger partial charge >= 0.3 is 0 Å². The number of carbonyl (C=O) groups excluding carboxylic acids is 1. The second-order valence-corrected chi connectivity index (χ2v) is 5.59. The van der Waals surface area contributed by atoms with Crippen LogP contribution < -0.4 is 4.74 Å². The van der Waals surface area contributed by atoms with Gasteiger partial charge in [0, 0.05) is 23.5 Å². The summed E-state index contributed by atoms with van der Waals surface area (Å²) in [4.78, 5) is 20.5. The van der Waals surface area contributed by atoms with Crippen molar-refractivity contribution in [1.82, 2.24) is 20.2 Å². The first-order valence-corrected chi connectivity index (χ1v) is 7.87. The number of hydrogen-bond acceptors (Lipinski definition) is 6. The van der Waals surface area contributed by atoms with Gasteiger partial charge in [-0.25, -0.2) is 4.98 Å². The zero-order valence-corrected chi connectivity index (χ0v) is 13.2. The first kappa shape index (κ1) is 15.2. The number of nitrogens with one attached hydrogen (secondary N) is 1. The highest BCUT2D eigenvalue weighted by Crippen LogP contribution is 2.20. The van der Waals surface area contributed by atoms with Gasteiger partial charge in [0.25, 0.3) is 0 Å². The minimum atomic E-state index is 0.0212. The van der Waals surface area contributed by atoms with Crippen LogP contribution in [0, 0.1) is 0 Å². The van der Waals surface area contributed by atoms with Crippen LogP contribution in [0.3, 0.4) is 0 Å². The number of thioether (sulfide) groups is 1. The fraction of sp³-hybridized carbons (Fsp3) is 0.125. The van der Waals surface area contributed by atoms with Gasteiger partial charge in [-0.1, -0.05) is 11.8 Å². The number of methoxy groups -OCH3 is 1. The zero-order valence-electron chi connectivity index (χ0n) is 12.4. The molecule has 0 amide bonds. The molecule has 0 fully saturated rings. The van der Waals surface area contributed by atoms with Gasteiger partial charge in [0.05, 0.1) is 12.9 Å². The number of benzene rings is 1. The van der Waals surface area contributed by atoms with Gasteiger partial charge in [-0.15, -0.1) is 5.10 Å². The predicted molar refractivity (Wildman–Crippen MR) is 87.7 cm³/mol. The smallest absolute Gasteiger partial charge is 0.209 e. The molecule has 0 radical (unpaired) electrons. The van der Waals surface area contributed by atoms with E-state index in [9.17, 15) is 4.79 Å². The maximum absolute atomic E-state index is 12.2. The van der Waals surface area contributed by atoms with Crippen molar-refractivity contribution in [3.8, 4) is 17.1 Å². The molecule has 3 aromatic rings. The van der Waals surface area contributed by atoms with Crippen molar-refractivity contribution in [2.24, 2.45) is 0 Å². The van der Waals surface area contributed by atoms with Crippen LogP contribution in [-0.2, 0) is 0 Å². The monoisotopic (exact) mass is 326 g/mol. The number of hydrogen-bond donors (Lipinski definition) is 1. The Balaban J connectivity index is 1.62. The summed E-state index contributed by atoms with van der Waals surface area (Å²) in [6.07, 6.45) is 3.38. The Morgan fingerprint density at radius 3 is 2.61 bits per heavy atom. The molecule has 2 heterocycles. The molecule has 116 valence electrons. The molecule has 0 bridgehead atoms. The van der Waals surface area contributed by atoms with Crippen LogP contribution in [0.25, 0.3) is 11.4 Å². The zero-order chi connectivity index (χ0) is 16.1. The largest absolute Gasteiger partial charge is 0.497 e. The second kappa shape index (κ2) is 7.06. The molecule has 0 unspecified atom stereocenters. The number of Topliss-reactive ketones (excluding diaryl/α,β-unsaturated/α-hetero) is 1. The average Bonchev–Trinajstić information content (AvgIpc) is 3.09. The number of H-pyrrole nitrogens is 1. The highest BCUT2D eigenvalue weighted by Gasteiger charge is 2.10. The van der Waals surface area contributed by atoms with Crippen LogP contribution >= 0.6 is 11.8 Å². The maximum atomic E-state index is 12.2. The summed E-state index contributed by atoms with van der Waals surface area (Å²) in [5.41, 5.74) is 1.55. The Bertz CT molecular complexity index is 787. The van der Waals surface area contributed by atoms with E-state index in [0.29, 0.717) is 16.5 Å². The lowest BCUT2D eigenvalue weighted by Gasteiger charge is -2.01. The summed E-state index contributed by atoms with van der Waals surface area (Å²) < 4.78 is 5.08. The van der Waals surface area contributed by atoms with E-state index in [0.717, 1.165) is 11.3 Å². The summed E-state index contributed by atoms with van der Waals surface area (Å²) in [5.74, 6) is 1.69. The van der Waals surface area contributed by atoms with Crippen molar-refractivity contribution in [2.45, 2.75) is 5.16 Å². The van der Waals surface area contributed by atoms with Gasteiger partial charge in [-0.05, 0) is 36.4 Å². The number of pyridine rings is 1. The highest BCUT2D eigenvalue weighted by atomic mass is 32.2. The number of carbonyl (C=O) groups is 1. The number of ketones is 1. The molecule has 0 spiro atoms. The lowest BCUT2D eigenvalue weighted by Crippen LogP contribution is -2.02. The van der Waals surface area contributed by atoms with Gasteiger partial charge in [-0.3, -0.25) is 14.9 Å². The fourth-order valence-electron chi connectivity index (χ4n) is 1.94. The number of aromatic amines is 1. The van der Waals surface area contributed by atoms with Crippen LogP contribution in [-0.4, -0.2) is 38.8 Å². The highest BCUT2D eigenvalue weighted by molar-refractivity contribution is 7.99. The van der Waals surface area contributed by atoms with Crippen LogP contribution in [0.15, 0.2) is 53.9 Å². The molecule has 7 heteroatoms. The van der Waals surface area contributed by atoms with Crippen molar-refractivity contribution in [3.63, 3.8) is 0 Å². The number of ether oxygens (including phenoxy) is 1. The maximum Gasteiger partial charge on any atom is 0.209 e. The number of nitrogens with zero attached hydrogens (tertiary/aromatic N) is 3. The van der Waals surface area contributed by atoms with Gasteiger partial charge < -0.3 is 4.74 Å². The molecule has 23 heavy (non-hydrogen) atoms. The third-order valence-corrected chi connectivity index (χ3v) is 4.01. The third-order valence-electron chi connectivity index (χ3n) is 3.16. The normalized spacial score (nSPS) is 10.5. The third kappa shape index (κ3) is 3.75. The topological polar surface area (TPSA) is 80.8 Å². The summed E-state index contributed by atoms with van der Waals surface area (Å²) >= 11 is 1.30. The average molecular weight is 326 g/mol. The lowest BCUT2D eigenvalue weighted by atomic mass is 10.1. The first-order chi connectivity index (χ1) is 11.3. The summed E-state index contributed by atoms with van der Waals surface area (Å²) in [6.45, 7) is 0. The van der Waals surface area contributed by atoms with E-state index >= 15 is 0 Å². The molecule has 0 aliphatic rings. The molecule has 0 saturated carbocycles. The minimum absolute atomic E-state index is 0.0212. The van der Waals surface area contributed by atoms with E-state index in [1.807, 2.05) is 12.1 Å². The second-order valence-electron chi connectivity index (χ2n) is 4.64. The number of rotatable bonds is 6. The molecule has 0 atom stereocenters. The Hall–Kier alpha value is -2.67. The molecule has 2 aromatic heterocycles. The van der Waals surface area contributed by atoms with Crippen LogP contribution in [0.4, 0.5) is 0 Å². The summed E-state index contributed by atoms with van der Waals surface area (Å²) in [5, 5.41) is 7.52. The van der Waals surface area contributed by atoms with E-state index in [1.165, 1.54) is 11.8 Å². The van der Waals surface area contributed by atoms with E-state index in [4.69, 9.17) is 4.74 Å². The van der Waals surface area contributed by atoms with Crippen LogP contribution in [0.5, 0.6) is 5.75 Å². The van der Waals surface area contributed by atoms with E-state index in [2.05, 4.69) is 20.2 Å². The van der Waals surface area contributed by atoms with E-state index in [1.54, 1.807) is 43.8 Å². The van der Waals surface area contributed by atoms with Crippen molar-refractivity contribution in [2.75, 3.05) is 12.9 Å². The van der Waals surface area contributed by atoms with Crippen molar-refractivity contribution < 1.29 is 9.53 Å². The van der Waals surface area contributed by atoms with Gasteiger partial charge in [0.2, 0.25) is 5.16 Å². The Kier molecular flexibility index (Phi) is 4.68. The Morgan fingerprint density at radius 2 is 1.91 bits per heavy atom. The molecule has 6 nitrogen and oxygen atoms in total. The molecule has 0 aliphatic heterocycles. The quantitative estimate of drug-likeness (QED) is 0.554. The van der Waals surface area contributed by atoms with Gasteiger partial charge in [0.1, 0.15) is 5.75 Å². The molecule has 0 saturated heterocycles. The molecule has 1 N–H and O–H groups in total. The standard InChI is InChI=1S/C16H14N4O2S/c1-22-13-4-2-11(3-5-13)14(21)10-23-16-18-15(19-20-16)12-6-8-17-9-7-12/h2-9H,10H2,1H3,(H,18,19,20). The molecule has 1 aromatic carbocycles. The molecule has 0 aliphatic carbocycles. The van der Waals surface area contributed by atoms with Crippen LogP contribution in [0.2, 0.25) is 0 Å². The van der Waals surface area contributed by atoms with Crippen molar-refractivity contribution in [1.29, 1.82) is 0 Å². The number of aromatic nitrogens is 4. The SMILES string of the molecule is COc1ccc(C(=O)CSc2n[nH]c(-c3ccncc3)n2)cc1. The molecular weight excluding hydrogens is 312 g/mol. The summed E-state index contributed by atoms with van der Waals surface area (Å²) in [6, 6.07) is 10.7.